The van der Waals surface area contributed by atoms with Crippen LogP contribution in [0.1, 0.15) is 39.0 Å². The van der Waals surface area contributed by atoms with Gasteiger partial charge in [-0.25, -0.2) is 0 Å². The number of piperidine rings is 1. The number of nitrogens with zero attached hydrogens (tertiary/aromatic N) is 1. The largest absolute Gasteiger partial charge is 0.300 e. The maximum absolute atomic E-state index is 5.69. The Morgan fingerprint density at radius 2 is 2.00 bits per heavy atom. The fourth-order valence-corrected chi connectivity index (χ4v) is 3.52. The minimum Gasteiger partial charge on any atom is -0.300 e. The van der Waals surface area contributed by atoms with Gasteiger partial charge in [-0.05, 0) is 52.0 Å². The third-order valence-corrected chi connectivity index (χ3v) is 4.49. The van der Waals surface area contributed by atoms with E-state index in [9.17, 15) is 0 Å². The summed E-state index contributed by atoms with van der Waals surface area (Å²) < 4.78 is 0. The van der Waals surface area contributed by atoms with Crippen LogP contribution in [0.3, 0.4) is 0 Å². The number of hydrogen-bond acceptors (Lipinski definition) is 3. The Kier molecular flexibility index (Phi) is 3.67. The van der Waals surface area contributed by atoms with Crippen LogP contribution in [-0.2, 0) is 0 Å². The molecule has 2 saturated heterocycles. The normalized spacial score (nSPS) is 36.3. The standard InChI is InChI=1S/C13H25N3/c1-9(2)6-13(15-14)10-7-11-4-5-12(8-10)16(11)3/h10-13,15H,1,4-8,14H2,2-3H3. The van der Waals surface area contributed by atoms with Crippen molar-refractivity contribution in [3.63, 3.8) is 0 Å². The lowest BCUT2D eigenvalue weighted by molar-refractivity contribution is 0.112. The van der Waals surface area contributed by atoms with Gasteiger partial charge in [-0.3, -0.25) is 11.3 Å². The summed E-state index contributed by atoms with van der Waals surface area (Å²) in [6, 6.07) is 2.02. The topological polar surface area (TPSA) is 41.3 Å². The highest BCUT2D eigenvalue weighted by atomic mass is 15.2. The van der Waals surface area contributed by atoms with Crippen molar-refractivity contribution in [3.05, 3.63) is 12.2 Å². The quantitative estimate of drug-likeness (QED) is 0.433. The van der Waals surface area contributed by atoms with E-state index in [2.05, 4.69) is 30.9 Å². The number of fused-ring (bicyclic) bond motifs is 2. The van der Waals surface area contributed by atoms with Crippen molar-refractivity contribution in [2.45, 2.75) is 57.2 Å². The fourth-order valence-electron chi connectivity index (χ4n) is 3.52. The van der Waals surface area contributed by atoms with Crippen molar-refractivity contribution in [1.29, 1.82) is 0 Å². The lowest BCUT2D eigenvalue weighted by Gasteiger charge is -2.39. The lowest BCUT2D eigenvalue weighted by Crippen LogP contribution is -2.48. The van der Waals surface area contributed by atoms with Gasteiger partial charge in [-0.2, -0.15) is 0 Å². The van der Waals surface area contributed by atoms with Gasteiger partial charge < -0.3 is 4.90 Å². The molecule has 0 aromatic rings. The number of nitrogens with one attached hydrogen (secondary N) is 1. The van der Waals surface area contributed by atoms with Crippen molar-refractivity contribution in [2.75, 3.05) is 7.05 Å². The van der Waals surface area contributed by atoms with E-state index >= 15 is 0 Å². The first-order valence-corrected chi connectivity index (χ1v) is 6.44. The highest BCUT2D eigenvalue weighted by Gasteiger charge is 2.40. The number of nitrogens with two attached hydrogens (primary N) is 1. The summed E-state index contributed by atoms with van der Waals surface area (Å²) in [6.07, 6.45) is 6.37. The first-order chi connectivity index (χ1) is 7.61. The van der Waals surface area contributed by atoms with E-state index in [1.54, 1.807) is 0 Å². The van der Waals surface area contributed by atoms with Gasteiger partial charge >= 0.3 is 0 Å². The van der Waals surface area contributed by atoms with Crippen LogP contribution in [0.25, 0.3) is 0 Å². The zero-order valence-corrected chi connectivity index (χ0v) is 10.6. The predicted molar refractivity (Wildman–Crippen MR) is 67.8 cm³/mol. The van der Waals surface area contributed by atoms with Gasteiger partial charge in [0.25, 0.3) is 0 Å². The molecule has 92 valence electrons. The molecule has 2 rings (SSSR count). The fraction of sp³-hybridized carbons (Fsp3) is 0.846. The molecule has 3 nitrogen and oxygen atoms in total. The minimum absolute atomic E-state index is 0.425. The second-order valence-electron chi connectivity index (χ2n) is 5.72. The second kappa shape index (κ2) is 4.86. The van der Waals surface area contributed by atoms with E-state index in [4.69, 9.17) is 5.84 Å². The third kappa shape index (κ3) is 2.31. The highest BCUT2D eigenvalue weighted by Crippen LogP contribution is 2.39. The maximum Gasteiger partial charge on any atom is 0.0276 e. The summed E-state index contributed by atoms with van der Waals surface area (Å²) in [5.41, 5.74) is 4.24. The molecule has 3 atom stereocenters. The van der Waals surface area contributed by atoms with Crippen molar-refractivity contribution in [2.24, 2.45) is 11.8 Å². The molecule has 2 aliphatic rings. The molecule has 0 amide bonds. The first-order valence-electron chi connectivity index (χ1n) is 6.44. The molecule has 2 bridgehead atoms. The molecule has 16 heavy (non-hydrogen) atoms. The molecular formula is C13H25N3. The molecule has 0 aliphatic carbocycles. The van der Waals surface area contributed by atoms with Gasteiger partial charge in [0, 0.05) is 18.1 Å². The molecule has 2 heterocycles. The molecule has 0 aromatic carbocycles. The molecule has 3 unspecified atom stereocenters. The minimum atomic E-state index is 0.425. The summed E-state index contributed by atoms with van der Waals surface area (Å²) in [6.45, 7) is 6.09. The Hall–Kier alpha value is -0.380. The Morgan fingerprint density at radius 3 is 2.44 bits per heavy atom. The predicted octanol–water partition coefficient (Wildman–Crippen LogP) is 1.66. The molecule has 0 radical (unpaired) electrons. The van der Waals surface area contributed by atoms with E-state index in [1.807, 2.05) is 0 Å². The first kappa shape index (κ1) is 12.1. The van der Waals surface area contributed by atoms with Gasteiger partial charge in [-0.1, -0.05) is 5.57 Å². The van der Waals surface area contributed by atoms with Crippen LogP contribution in [0.2, 0.25) is 0 Å². The van der Waals surface area contributed by atoms with E-state index in [0.29, 0.717) is 6.04 Å². The summed E-state index contributed by atoms with van der Waals surface area (Å²) in [5.74, 6) is 6.42. The average Bonchev–Trinajstić information content (AvgIpc) is 2.50. The smallest absolute Gasteiger partial charge is 0.0276 e. The summed E-state index contributed by atoms with van der Waals surface area (Å²) >= 11 is 0. The molecule has 0 spiro atoms. The average molecular weight is 223 g/mol. The van der Waals surface area contributed by atoms with Gasteiger partial charge in [0.05, 0.1) is 0 Å². The van der Waals surface area contributed by atoms with Crippen molar-refractivity contribution >= 4 is 0 Å². The van der Waals surface area contributed by atoms with Crippen LogP contribution < -0.4 is 11.3 Å². The molecular weight excluding hydrogens is 198 g/mol. The molecule has 0 aromatic heterocycles. The Bertz CT molecular complexity index is 250. The summed E-state index contributed by atoms with van der Waals surface area (Å²) in [4.78, 5) is 2.57. The van der Waals surface area contributed by atoms with Crippen molar-refractivity contribution in [3.8, 4) is 0 Å². The van der Waals surface area contributed by atoms with Crippen LogP contribution in [0, 0.1) is 5.92 Å². The molecule has 0 saturated carbocycles. The van der Waals surface area contributed by atoms with Crippen molar-refractivity contribution < 1.29 is 0 Å². The summed E-state index contributed by atoms with van der Waals surface area (Å²) in [5, 5.41) is 0. The summed E-state index contributed by atoms with van der Waals surface area (Å²) in [7, 11) is 2.28. The van der Waals surface area contributed by atoms with Crippen molar-refractivity contribution in [1.82, 2.24) is 10.3 Å². The van der Waals surface area contributed by atoms with Crippen LogP contribution in [0.5, 0.6) is 0 Å². The number of rotatable bonds is 4. The van der Waals surface area contributed by atoms with Crippen LogP contribution in [-0.4, -0.2) is 30.1 Å². The van der Waals surface area contributed by atoms with Crippen LogP contribution in [0.15, 0.2) is 12.2 Å². The van der Waals surface area contributed by atoms with E-state index < -0.39 is 0 Å². The zero-order valence-electron chi connectivity index (χ0n) is 10.6. The van der Waals surface area contributed by atoms with E-state index in [1.165, 1.54) is 31.3 Å². The van der Waals surface area contributed by atoms with Crippen LogP contribution in [0.4, 0.5) is 0 Å². The number of hydrazine groups is 1. The maximum atomic E-state index is 5.69. The van der Waals surface area contributed by atoms with E-state index in [-0.39, 0.29) is 0 Å². The lowest BCUT2D eigenvalue weighted by atomic mass is 9.83. The second-order valence-corrected chi connectivity index (χ2v) is 5.72. The Balaban J connectivity index is 1.97. The van der Waals surface area contributed by atoms with Gasteiger partial charge in [0.15, 0.2) is 0 Å². The molecule has 2 aliphatic heterocycles. The molecule has 3 N–H and O–H groups in total. The van der Waals surface area contributed by atoms with E-state index in [0.717, 1.165) is 24.4 Å². The van der Waals surface area contributed by atoms with Gasteiger partial charge in [0.2, 0.25) is 0 Å². The highest BCUT2D eigenvalue weighted by molar-refractivity contribution is 5.00. The SMILES string of the molecule is C=C(C)CC(NN)C1CC2CCC(C1)N2C. The molecule has 2 fully saturated rings. The number of hydrogen-bond donors (Lipinski definition) is 2. The zero-order chi connectivity index (χ0) is 11.7. The van der Waals surface area contributed by atoms with Crippen LogP contribution >= 0.6 is 0 Å². The molecule has 3 heteroatoms. The van der Waals surface area contributed by atoms with Gasteiger partial charge in [0.1, 0.15) is 0 Å². The Morgan fingerprint density at radius 1 is 1.44 bits per heavy atom. The van der Waals surface area contributed by atoms with Gasteiger partial charge in [-0.15, -0.1) is 6.58 Å². The third-order valence-electron chi connectivity index (χ3n) is 4.49. The monoisotopic (exact) mass is 223 g/mol. The Labute approximate surface area is 99.0 Å².